The van der Waals surface area contributed by atoms with Crippen LogP contribution in [0, 0.1) is 5.41 Å². The maximum absolute atomic E-state index is 12.4. The predicted molar refractivity (Wildman–Crippen MR) is 86.7 cm³/mol. The normalized spacial score (nSPS) is 20.8. The first-order valence-corrected chi connectivity index (χ1v) is 8.14. The van der Waals surface area contributed by atoms with Gasteiger partial charge < -0.3 is 9.80 Å². The quantitative estimate of drug-likeness (QED) is 0.851. The standard InChI is InChI=1S/C18H26N2O/c1-14(2)15-4-6-16(7-5-15)19-10-12-20(13-11-19)17(21)18(3)8-9-18/h4-7,14H,8-13H2,1-3H3. The van der Waals surface area contributed by atoms with Crippen molar-refractivity contribution in [3.63, 3.8) is 0 Å². The molecule has 1 saturated carbocycles. The Morgan fingerprint density at radius 2 is 1.62 bits per heavy atom. The molecule has 114 valence electrons. The van der Waals surface area contributed by atoms with Crippen LogP contribution in [0.5, 0.6) is 0 Å². The van der Waals surface area contributed by atoms with E-state index in [1.54, 1.807) is 0 Å². The van der Waals surface area contributed by atoms with Crippen molar-refractivity contribution >= 4 is 11.6 Å². The Morgan fingerprint density at radius 3 is 2.10 bits per heavy atom. The molecule has 3 heteroatoms. The van der Waals surface area contributed by atoms with E-state index in [-0.39, 0.29) is 5.41 Å². The molecule has 2 aliphatic rings. The average molecular weight is 286 g/mol. The predicted octanol–water partition coefficient (Wildman–Crippen LogP) is 3.26. The zero-order valence-electron chi connectivity index (χ0n) is 13.4. The molecular weight excluding hydrogens is 260 g/mol. The van der Waals surface area contributed by atoms with Gasteiger partial charge in [-0.2, -0.15) is 0 Å². The first kappa shape index (κ1) is 14.4. The Balaban J connectivity index is 1.59. The van der Waals surface area contributed by atoms with E-state index in [4.69, 9.17) is 0 Å². The number of hydrogen-bond donors (Lipinski definition) is 0. The van der Waals surface area contributed by atoms with Crippen molar-refractivity contribution < 1.29 is 4.79 Å². The maximum atomic E-state index is 12.4. The summed E-state index contributed by atoms with van der Waals surface area (Å²) < 4.78 is 0. The van der Waals surface area contributed by atoms with Gasteiger partial charge in [-0.15, -0.1) is 0 Å². The van der Waals surface area contributed by atoms with Gasteiger partial charge in [0.2, 0.25) is 5.91 Å². The molecule has 1 amide bonds. The van der Waals surface area contributed by atoms with E-state index in [0.717, 1.165) is 39.0 Å². The van der Waals surface area contributed by atoms with E-state index in [1.165, 1.54) is 11.3 Å². The molecule has 0 bridgehead atoms. The van der Waals surface area contributed by atoms with Gasteiger partial charge in [0.25, 0.3) is 0 Å². The van der Waals surface area contributed by atoms with E-state index >= 15 is 0 Å². The molecule has 0 aromatic heterocycles. The molecule has 0 atom stereocenters. The van der Waals surface area contributed by atoms with E-state index in [9.17, 15) is 4.79 Å². The molecule has 3 rings (SSSR count). The van der Waals surface area contributed by atoms with Crippen LogP contribution in [-0.2, 0) is 4.79 Å². The fraction of sp³-hybridized carbons (Fsp3) is 0.611. The second-order valence-electron chi connectivity index (χ2n) is 7.09. The minimum absolute atomic E-state index is 0.0267. The highest BCUT2D eigenvalue weighted by molar-refractivity contribution is 5.85. The van der Waals surface area contributed by atoms with Gasteiger partial charge in [-0.1, -0.05) is 32.9 Å². The van der Waals surface area contributed by atoms with Gasteiger partial charge in [0, 0.05) is 37.3 Å². The van der Waals surface area contributed by atoms with Gasteiger partial charge in [0.1, 0.15) is 0 Å². The molecule has 2 fully saturated rings. The molecule has 21 heavy (non-hydrogen) atoms. The molecule has 1 saturated heterocycles. The summed E-state index contributed by atoms with van der Waals surface area (Å²) in [5, 5.41) is 0. The van der Waals surface area contributed by atoms with Crippen LogP contribution in [0.1, 0.15) is 45.1 Å². The molecule has 1 aliphatic carbocycles. The fourth-order valence-electron chi connectivity index (χ4n) is 3.02. The fourth-order valence-corrected chi connectivity index (χ4v) is 3.02. The van der Waals surface area contributed by atoms with Crippen LogP contribution in [0.2, 0.25) is 0 Å². The Morgan fingerprint density at radius 1 is 1.05 bits per heavy atom. The third kappa shape index (κ3) is 2.92. The Hall–Kier alpha value is -1.51. The molecule has 0 N–H and O–H groups in total. The SMILES string of the molecule is CC(C)c1ccc(N2CCN(C(=O)C3(C)CC3)CC2)cc1. The van der Waals surface area contributed by atoms with Crippen molar-refractivity contribution in [1.82, 2.24) is 4.90 Å². The first-order valence-electron chi connectivity index (χ1n) is 8.14. The number of carbonyl (C=O) groups excluding carboxylic acids is 1. The number of anilines is 1. The largest absolute Gasteiger partial charge is 0.368 e. The van der Waals surface area contributed by atoms with Gasteiger partial charge in [-0.3, -0.25) is 4.79 Å². The summed E-state index contributed by atoms with van der Waals surface area (Å²) in [6, 6.07) is 8.88. The minimum atomic E-state index is -0.0267. The summed E-state index contributed by atoms with van der Waals surface area (Å²) >= 11 is 0. The summed E-state index contributed by atoms with van der Waals surface area (Å²) in [6.07, 6.45) is 2.14. The van der Waals surface area contributed by atoms with Gasteiger partial charge in [0.05, 0.1) is 0 Å². The molecular formula is C18H26N2O. The first-order chi connectivity index (χ1) is 9.99. The van der Waals surface area contributed by atoms with Crippen molar-refractivity contribution in [3.05, 3.63) is 29.8 Å². The van der Waals surface area contributed by atoms with Crippen molar-refractivity contribution in [2.24, 2.45) is 5.41 Å². The summed E-state index contributed by atoms with van der Waals surface area (Å²) in [5.74, 6) is 0.949. The van der Waals surface area contributed by atoms with Gasteiger partial charge in [-0.25, -0.2) is 0 Å². The molecule has 1 aromatic rings. The van der Waals surface area contributed by atoms with Crippen molar-refractivity contribution in [2.45, 2.75) is 39.5 Å². The summed E-state index contributed by atoms with van der Waals surface area (Å²) in [6.45, 7) is 10.2. The number of piperazine rings is 1. The van der Waals surface area contributed by atoms with Crippen molar-refractivity contribution in [1.29, 1.82) is 0 Å². The lowest BCUT2D eigenvalue weighted by Crippen LogP contribution is -2.50. The smallest absolute Gasteiger partial charge is 0.228 e. The van der Waals surface area contributed by atoms with Crippen LogP contribution in [0.3, 0.4) is 0 Å². The monoisotopic (exact) mass is 286 g/mol. The van der Waals surface area contributed by atoms with Gasteiger partial charge in [-0.05, 0) is 36.5 Å². The van der Waals surface area contributed by atoms with Crippen LogP contribution < -0.4 is 4.90 Å². The maximum Gasteiger partial charge on any atom is 0.228 e. The highest BCUT2D eigenvalue weighted by atomic mass is 16.2. The lowest BCUT2D eigenvalue weighted by Gasteiger charge is -2.37. The van der Waals surface area contributed by atoms with Crippen LogP contribution in [0.25, 0.3) is 0 Å². The Labute approximate surface area is 127 Å². The number of amides is 1. The minimum Gasteiger partial charge on any atom is -0.368 e. The molecule has 1 aromatic carbocycles. The highest BCUT2D eigenvalue weighted by Gasteiger charge is 2.47. The van der Waals surface area contributed by atoms with Gasteiger partial charge in [0.15, 0.2) is 0 Å². The van der Waals surface area contributed by atoms with Crippen LogP contribution in [-0.4, -0.2) is 37.0 Å². The van der Waals surface area contributed by atoms with Crippen LogP contribution >= 0.6 is 0 Å². The number of benzene rings is 1. The lowest BCUT2D eigenvalue weighted by atomic mass is 10.0. The number of nitrogens with zero attached hydrogens (tertiary/aromatic N) is 2. The summed E-state index contributed by atoms with van der Waals surface area (Å²) in [4.78, 5) is 16.8. The zero-order chi connectivity index (χ0) is 15.0. The van der Waals surface area contributed by atoms with Crippen molar-refractivity contribution in [2.75, 3.05) is 31.1 Å². The average Bonchev–Trinajstić information content (AvgIpc) is 3.26. The van der Waals surface area contributed by atoms with Crippen molar-refractivity contribution in [3.8, 4) is 0 Å². The lowest BCUT2D eigenvalue weighted by molar-refractivity contribution is -0.136. The van der Waals surface area contributed by atoms with Crippen LogP contribution in [0.15, 0.2) is 24.3 Å². The Kier molecular flexibility index (Phi) is 3.68. The molecule has 1 aliphatic heterocycles. The third-order valence-corrected chi connectivity index (χ3v) is 5.01. The zero-order valence-corrected chi connectivity index (χ0v) is 13.4. The number of hydrogen-bond acceptors (Lipinski definition) is 2. The Bertz CT molecular complexity index is 509. The van der Waals surface area contributed by atoms with Gasteiger partial charge >= 0.3 is 0 Å². The second-order valence-corrected chi connectivity index (χ2v) is 7.09. The second kappa shape index (κ2) is 5.36. The highest BCUT2D eigenvalue weighted by Crippen LogP contribution is 2.46. The number of rotatable bonds is 3. The van der Waals surface area contributed by atoms with E-state index in [1.807, 2.05) is 0 Å². The van der Waals surface area contributed by atoms with Crippen LogP contribution in [0.4, 0.5) is 5.69 Å². The van der Waals surface area contributed by atoms with E-state index in [2.05, 4.69) is 54.8 Å². The van der Waals surface area contributed by atoms with E-state index in [0.29, 0.717) is 11.8 Å². The summed E-state index contributed by atoms with van der Waals surface area (Å²) in [5.41, 5.74) is 2.64. The molecule has 0 unspecified atom stereocenters. The molecule has 0 spiro atoms. The van der Waals surface area contributed by atoms with E-state index < -0.39 is 0 Å². The molecule has 0 radical (unpaired) electrons. The molecule has 3 nitrogen and oxygen atoms in total. The summed E-state index contributed by atoms with van der Waals surface area (Å²) in [7, 11) is 0. The molecule has 1 heterocycles. The number of carbonyl (C=O) groups is 1. The third-order valence-electron chi connectivity index (χ3n) is 5.01. The topological polar surface area (TPSA) is 23.6 Å².